The van der Waals surface area contributed by atoms with Gasteiger partial charge in [0, 0.05) is 6.07 Å². The van der Waals surface area contributed by atoms with E-state index < -0.39 is 0 Å². The van der Waals surface area contributed by atoms with Gasteiger partial charge in [-0.25, -0.2) is 0 Å². The van der Waals surface area contributed by atoms with Gasteiger partial charge in [0.15, 0.2) is 5.76 Å². The molecule has 0 atom stereocenters. The molecule has 29 heavy (non-hydrogen) atoms. The minimum Gasteiger partial charge on any atom is -0.489 e. The maximum Gasteiger partial charge on any atom is 0.231 e. The summed E-state index contributed by atoms with van der Waals surface area (Å²) in [6.45, 7) is 0.296. The van der Waals surface area contributed by atoms with Crippen LogP contribution >= 0.6 is 46.4 Å². The number of hydrogen-bond acceptors (Lipinski definition) is 3. The Labute approximate surface area is 187 Å². The van der Waals surface area contributed by atoms with E-state index in [1.807, 2.05) is 6.07 Å². The van der Waals surface area contributed by atoms with Crippen molar-refractivity contribution >= 4 is 58.3 Å². The highest BCUT2D eigenvalue weighted by Gasteiger charge is 2.28. The van der Waals surface area contributed by atoms with Gasteiger partial charge in [-0.1, -0.05) is 64.6 Å². The summed E-state index contributed by atoms with van der Waals surface area (Å²) in [5.41, 5.74) is 1.93. The molecule has 3 aromatic rings. The van der Waals surface area contributed by atoms with Gasteiger partial charge in [-0.05, 0) is 47.5 Å². The topological polar surface area (TPSA) is 35.5 Å². The molecule has 1 heterocycles. The normalized spacial score (nSPS) is 14.1. The van der Waals surface area contributed by atoms with Crippen LogP contribution in [0.2, 0.25) is 20.1 Å². The Morgan fingerprint density at radius 1 is 0.897 bits per heavy atom. The van der Waals surface area contributed by atoms with Gasteiger partial charge in [0.25, 0.3) is 0 Å². The molecular formula is C22H12Cl4O3. The third kappa shape index (κ3) is 4.24. The zero-order valence-electron chi connectivity index (χ0n) is 14.7. The number of carbonyl (C=O) groups excluding carboxylic acids is 1. The fourth-order valence-corrected chi connectivity index (χ4v) is 3.51. The first-order valence-electron chi connectivity index (χ1n) is 8.51. The molecule has 0 bridgehead atoms. The number of hydrogen-bond donors (Lipinski definition) is 0. The van der Waals surface area contributed by atoms with Crippen LogP contribution in [0.25, 0.3) is 6.08 Å². The Kier molecular flexibility index (Phi) is 5.75. The molecule has 3 aromatic carbocycles. The van der Waals surface area contributed by atoms with Gasteiger partial charge in [0.05, 0.1) is 25.7 Å². The second kappa shape index (κ2) is 8.29. The molecule has 0 unspecified atom stereocenters. The molecule has 1 aliphatic rings. The number of ether oxygens (including phenoxy) is 2. The van der Waals surface area contributed by atoms with E-state index in [4.69, 9.17) is 55.9 Å². The first-order valence-corrected chi connectivity index (χ1v) is 10.0. The lowest BCUT2D eigenvalue weighted by Gasteiger charge is -2.08. The van der Waals surface area contributed by atoms with E-state index in [1.165, 1.54) is 0 Å². The molecule has 0 aromatic heterocycles. The third-order valence-corrected chi connectivity index (χ3v) is 5.87. The SMILES string of the molecule is O=C1/C(=C/c2cccc(Cl)c2Cl)Oc2cc(OCc3ccc(Cl)c(Cl)c3)ccc21. The molecule has 0 spiro atoms. The molecule has 0 aliphatic carbocycles. The highest BCUT2D eigenvalue weighted by molar-refractivity contribution is 6.43. The zero-order valence-corrected chi connectivity index (χ0v) is 17.7. The van der Waals surface area contributed by atoms with E-state index in [1.54, 1.807) is 54.6 Å². The smallest absolute Gasteiger partial charge is 0.231 e. The van der Waals surface area contributed by atoms with Gasteiger partial charge >= 0.3 is 0 Å². The fourth-order valence-electron chi connectivity index (χ4n) is 2.83. The largest absolute Gasteiger partial charge is 0.489 e. The molecule has 7 heteroatoms. The van der Waals surface area contributed by atoms with Crippen molar-refractivity contribution in [3.63, 3.8) is 0 Å². The van der Waals surface area contributed by atoms with Crippen molar-refractivity contribution in [2.75, 3.05) is 0 Å². The van der Waals surface area contributed by atoms with Crippen LogP contribution in [0.1, 0.15) is 21.5 Å². The molecule has 0 radical (unpaired) electrons. The van der Waals surface area contributed by atoms with E-state index in [0.717, 1.165) is 5.56 Å². The van der Waals surface area contributed by atoms with Gasteiger partial charge < -0.3 is 9.47 Å². The van der Waals surface area contributed by atoms with Gasteiger partial charge in [0.2, 0.25) is 5.78 Å². The lowest BCUT2D eigenvalue weighted by Crippen LogP contribution is -1.98. The number of halogens is 4. The van der Waals surface area contributed by atoms with Gasteiger partial charge in [-0.3, -0.25) is 4.79 Å². The van der Waals surface area contributed by atoms with Crippen molar-refractivity contribution in [3.05, 3.63) is 97.1 Å². The first-order chi connectivity index (χ1) is 13.9. The summed E-state index contributed by atoms with van der Waals surface area (Å²) >= 11 is 24.2. The summed E-state index contributed by atoms with van der Waals surface area (Å²) < 4.78 is 11.5. The molecular weight excluding hydrogens is 454 g/mol. The quantitative estimate of drug-likeness (QED) is 0.374. The minimum atomic E-state index is -0.230. The van der Waals surface area contributed by atoms with E-state index >= 15 is 0 Å². The summed E-state index contributed by atoms with van der Waals surface area (Å²) in [4.78, 5) is 12.6. The summed E-state index contributed by atoms with van der Waals surface area (Å²) in [7, 11) is 0. The van der Waals surface area contributed by atoms with Crippen molar-refractivity contribution in [2.45, 2.75) is 6.61 Å². The standard InChI is InChI=1S/C22H12Cl4O3/c23-16-7-4-12(8-18(16)25)11-28-14-5-6-15-19(10-14)29-20(22(15)27)9-13-2-1-3-17(24)21(13)26/h1-10H,11H2/b20-9-. The Morgan fingerprint density at radius 3 is 2.52 bits per heavy atom. The van der Waals surface area contributed by atoms with Crippen LogP contribution < -0.4 is 9.47 Å². The van der Waals surface area contributed by atoms with Crippen molar-refractivity contribution < 1.29 is 14.3 Å². The highest BCUT2D eigenvalue weighted by Crippen LogP contribution is 2.36. The van der Waals surface area contributed by atoms with Crippen LogP contribution in [-0.4, -0.2) is 5.78 Å². The molecule has 0 saturated carbocycles. The number of ketones is 1. The number of Topliss-reactive ketones (excluding diaryl/α,β-unsaturated/α-hetero) is 1. The Bertz CT molecular complexity index is 1150. The van der Waals surface area contributed by atoms with Crippen LogP contribution in [0.3, 0.4) is 0 Å². The summed E-state index contributed by atoms with van der Waals surface area (Å²) in [5, 5.41) is 1.71. The second-order valence-electron chi connectivity index (χ2n) is 6.28. The number of benzene rings is 3. The Morgan fingerprint density at radius 2 is 1.72 bits per heavy atom. The predicted octanol–water partition coefficient (Wildman–Crippen LogP) is 7.50. The molecule has 146 valence electrons. The lowest BCUT2D eigenvalue weighted by molar-refractivity contribution is 0.101. The summed E-state index contributed by atoms with van der Waals surface area (Å²) in [5.74, 6) is 0.925. The van der Waals surface area contributed by atoms with E-state index in [0.29, 0.717) is 49.3 Å². The lowest BCUT2D eigenvalue weighted by atomic mass is 10.1. The monoisotopic (exact) mass is 464 g/mol. The van der Waals surface area contributed by atoms with Crippen molar-refractivity contribution in [3.8, 4) is 11.5 Å². The minimum absolute atomic E-state index is 0.172. The molecule has 4 rings (SSSR count). The predicted molar refractivity (Wildman–Crippen MR) is 117 cm³/mol. The average molecular weight is 466 g/mol. The second-order valence-corrected chi connectivity index (χ2v) is 7.88. The highest BCUT2D eigenvalue weighted by atomic mass is 35.5. The van der Waals surface area contributed by atoms with E-state index in [2.05, 4.69) is 0 Å². The van der Waals surface area contributed by atoms with Crippen LogP contribution in [0.5, 0.6) is 11.5 Å². The molecule has 0 saturated heterocycles. The number of carbonyl (C=O) groups is 1. The third-order valence-electron chi connectivity index (χ3n) is 4.30. The maximum absolute atomic E-state index is 12.6. The first kappa shape index (κ1) is 20.1. The molecule has 0 fully saturated rings. The Balaban J connectivity index is 1.53. The fraction of sp³-hybridized carbons (Fsp3) is 0.0455. The maximum atomic E-state index is 12.6. The number of fused-ring (bicyclic) bond motifs is 1. The molecule has 3 nitrogen and oxygen atoms in total. The van der Waals surface area contributed by atoms with Crippen LogP contribution in [0.15, 0.2) is 60.4 Å². The summed E-state index contributed by atoms with van der Waals surface area (Å²) in [6, 6.07) is 15.5. The zero-order chi connectivity index (χ0) is 20.5. The van der Waals surface area contributed by atoms with E-state index in [9.17, 15) is 4.79 Å². The number of rotatable bonds is 4. The summed E-state index contributed by atoms with van der Waals surface area (Å²) in [6.07, 6.45) is 1.58. The van der Waals surface area contributed by atoms with Crippen LogP contribution in [-0.2, 0) is 6.61 Å². The van der Waals surface area contributed by atoms with Crippen LogP contribution in [0.4, 0.5) is 0 Å². The number of allylic oxidation sites excluding steroid dienone is 1. The van der Waals surface area contributed by atoms with Crippen LogP contribution in [0, 0.1) is 0 Å². The molecule has 0 amide bonds. The van der Waals surface area contributed by atoms with Gasteiger partial charge in [-0.15, -0.1) is 0 Å². The Hall–Kier alpha value is -2.17. The van der Waals surface area contributed by atoms with E-state index in [-0.39, 0.29) is 11.5 Å². The average Bonchev–Trinajstić information content (AvgIpc) is 3.01. The van der Waals surface area contributed by atoms with Crippen molar-refractivity contribution in [2.24, 2.45) is 0 Å². The van der Waals surface area contributed by atoms with Gasteiger partial charge in [-0.2, -0.15) is 0 Å². The van der Waals surface area contributed by atoms with Crippen molar-refractivity contribution in [1.29, 1.82) is 0 Å². The molecule has 0 N–H and O–H groups in total. The van der Waals surface area contributed by atoms with Crippen molar-refractivity contribution in [1.82, 2.24) is 0 Å². The molecule has 1 aliphatic heterocycles. The van der Waals surface area contributed by atoms with Gasteiger partial charge in [0.1, 0.15) is 18.1 Å².